The van der Waals surface area contributed by atoms with Gasteiger partial charge in [0.2, 0.25) is 0 Å². The van der Waals surface area contributed by atoms with Crippen LogP contribution in [0.25, 0.3) is 0 Å². The molecule has 0 saturated heterocycles. The fraction of sp³-hybridized carbons (Fsp3) is 1.00. The molecule has 0 aliphatic heterocycles. The van der Waals surface area contributed by atoms with E-state index in [-0.39, 0.29) is 19.6 Å². The van der Waals surface area contributed by atoms with Gasteiger partial charge in [-0.25, -0.2) is 0 Å². The Bertz CT molecular complexity index is 119. The van der Waals surface area contributed by atoms with Gasteiger partial charge in [-0.1, -0.05) is 6.92 Å². The summed E-state index contributed by atoms with van der Waals surface area (Å²) in [5.41, 5.74) is 0. The summed E-state index contributed by atoms with van der Waals surface area (Å²) in [5.74, 6) is 0. The Labute approximate surface area is 85.2 Å². The number of methoxy groups -OCH3 is 1. The second-order valence-electron chi connectivity index (χ2n) is 3.07. The van der Waals surface area contributed by atoms with Crippen molar-refractivity contribution in [3.63, 3.8) is 0 Å². The maximum absolute atomic E-state index is 8.81. The molecule has 0 bridgehead atoms. The summed E-state index contributed by atoms with van der Waals surface area (Å²) < 4.78 is 10.5. The number of hydrogen-bond acceptors (Lipinski definition) is 5. The molecule has 0 saturated carbocycles. The number of ether oxygens (including phenoxy) is 2. The van der Waals surface area contributed by atoms with Crippen molar-refractivity contribution in [3.8, 4) is 0 Å². The zero-order valence-corrected chi connectivity index (χ0v) is 8.98. The first-order valence-electron chi connectivity index (χ1n) is 4.83. The van der Waals surface area contributed by atoms with Gasteiger partial charge in [-0.15, -0.1) is 0 Å². The van der Waals surface area contributed by atoms with E-state index < -0.39 is 0 Å². The van der Waals surface area contributed by atoms with Crippen molar-refractivity contribution in [3.05, 3.63) is 0 Å². The van der Waals surface area contributed by atoms with Gasteiger partial charge in [0.1, 0.15) is 0 Å². The summed E-state index contributed by atoms with van der Waals surface area (Å²) in [5, 5.41) is 17.6. The van der Waals surface area contributed by atoms with Crippen LogP contribution in [0.3, 0.4) is 0 Å². The number of aliphatic hydroxyl groups is 2. The lowest BCUT2D eigenvalue weighted by Crippen LogP contribution is -2.37. The fourth-order valence-electron chi connectivity index (χ4n) is 1.00. The van der Waals surface area contributed by atoms with Crippen LogP contribution in [0.4, 0.5) is 0 Å². The van der Waals surface area contributed by atoms with Crippen LogP contribution >= 0.6 is 0 Å². The van der Waals surface area contributed by atoms with Gasteiger partial charge in [0.15, 0.2) is 0 Å². The summed E-state index contributed by atoms with van der Waals surface area (Å²) >= 11 is 0. The molecule has 0 aliphatic rings. The molecule has 0 spiro atoms. The topological polar surface area (TPSA) is 62.2 Å². The van der Waals surface area contributed by atoms with Gasteiger partial charge in [-0.3, -0.25) is 4.90 Å². The largest absolute Gasteiger partial charge is 0.381 e. The first kappa shape index (κ1) is 13.8. The first-order valence-corrected chi connectivity index (χ1v) is 4.83. The van der Waals surface area contributed by atoms with Crippen molar-refractivity contribution >= 4 is 0 Å². The molecule has 0 aromatic heterocycles. The molecule has 2 N–H and O–H groups in total. The molecule has 0 heterocycles. The Morgan fingerprint density at radius 1 is 1.29 bits per heavy atom. The van der Waals surface area contributed by atoms with Gasteiger partial charge in [0.05, 0.1) is 26.2 Å². The highest BCUT2D eigenvalue weighted by molar-refractivity contribution is 4.60. The van der Waals surface area contributed by atoms with Crippen molar-refractivity contribution in [1.29, 1.82) is 0 Å². The Morgan fingerprint density at radius 3 is 2.36 bits per heavy atom. The Balaban J connectivity index is 3.65. The number of aliphatic hydroxyl groups excluding tert-OH is 2. The SMILES string of the molecule is CCCOCC(CN(CO)CO)OC. The lowest BCUT2D eigenvalue weighted by Gasteiger charge is -2.22. The Morgan fingerprint density at radius 2 is 1.93 bits per heavy atom. The molecule has 0 aromatic rings. The minimum atomic E-state index is -0.176. The highest BCUT2D eigenvalue weighted by Crippen LogP contribution is 1.96. The van der Waals surface area contributed by atoms with Crippen molar-refractivity contribution < 1.29 is 19.7 Å². The molecule has 1 unspecified atom stereocenters. The molecule has 0 rings (SSSR count). The molecule has 5 nitrogen and oxygen atoms in total. The molecular formula is C9H21NO4. The third-order valence-electron chi connectivity index (χ3n) is 1.85. The second kappa shape index (κ2) is 9.36. The average molecular weight is 207 g/mol. The minimum absolute atomic E-state index is 0.110. The Hall–Kier alpha value is -0.200. The van der Waals surface area contributed by atoms with Crippen LogP contribution in [0.5, 0.6) is 0 Å². The molecule has 0 aliphatic carbocycles. The number of nitrogens with zero attached hydrogens (tertiary/aromatic N) is 1. The lowest BCUT2D eigenvalue weighted by atomic mass is 10.3. The molecule has 1 atom stereocenters. The van der Waals surface area contributed by atoms with Crippen LogP contribution < -0.4 is 0 Å². The van der Waals surface area contributed by atoms with Crippen LogP contribution in [-0.2, 0) is 9.47 Å². The van der Waals surface area contributed by atoms with E-state index in [2.05, 4.69) is 0 Å². The summed E-state index contributed by atoms with van der Waals surface area (Å²) in [6.07, 6.45) is 0.862. The van der Waals surface area contributed by atoms with Gasteiger partial charge in [-0.05, 0) is 6.42 Å². The maximum atomic E-state index is 8.81. The predicted octanol–water partition coefficient (Wildman–Crippen LogP) is -0.370. The molecule has 86 valence electrons. The van der Waals surface area contributed by atoms with Gasteiger partial charge in [0.25, 0.3) is 0 Å². The second-order valence-corrected chi connectivity index (χ2v) is 3.07. The highest BCUT2D eigenvalue weighted by atomic mass is 16.5. The van der Waals surface area contributed by atoms with Gasteiger partial charge in [0, 0.05) is 20.3 Å². The van der Waals surface area contributed by atoms with E-state index in [1.165, 1.54) is 4.90 Å². The van der Waals surface area contributed by atoms with E-state index in [1.54, 1.807) is 7.11 Å². The highest BCUT2D eigenvalue weighted by Gasteiger charge is 2.12. The van der Waals surface area contributed by atoms with E-state index >= 15 is 0 Å². The summed E-state index contributed by atoms with van der Waals surface area (Å²) in [4.78, 5) is 1.46. The summed E-state index contributed by atoms with van der Waals surface area (Å²) in [6.45, 7) is 3.34. The van der Waals surface area contributed by atoms with Gasteiger partial charge >= 0.3 is 0 Å². The number of rotatable bonds is 9. The van der Waals surface area contributed by atoms with Crippen LogP contribution in [0.2, 0.25) is 0 Å². The van der Waals surface area contributed by atoms with E-state index in [9.17, 15) is 0 Å². The van der Waals surface area contributed by atoms with Crippen molar-refractivity contribution in [2.75, 3.05) is 40.3 Å². The van der Waals surface area contributed by atoms with Crippen LogP contribution in [0.15, 0.2) is 0 Å². The molecular weight excluding hydrogens is 186 g/mol. The van der Waals surface area contributed by atoms with Gasteiger partial charge < -0.3 is 19.7 Å². The first-order chi connectivity index (χ1) is 6.78. The normalized spacial score (nSPS) is 13.5. The van der Waals surface area contributed by atoms with E-state index in [1.807, 2.05) is 6.92 Å². The third kappa shape index (κ3) is 6.28. The quantitative estimate of drug-likeness (QED) is 0.399. The van der Waals surface area contributed by atoms with E-state index in [0.717, 1.165) is 6.42 Å². The van der Waals surface area contributed by atoms with Crippen LogP contribution in [0, 0.1) is 0 Å². The molecule has 0 amide bonds. The summed E-state index contributed by atoms with van der Waals surface area (Å²) in [6, 6.07) is 0. The molecule has 0 fully saturated rings. The number of hydrogen-bond donors (Lipinski definition) is 2. The fourth-order valence-corrected chi connectivity index (χ4v) is 1.00. The van der Waals surface area contributed by atoms with E-state index in [0.29, 0.717) is 19.8 Å². The lowest BCUT2D eigenvalue weighted by molar-refractivity contribution is -0.0456. The van der Waals surface area contributed by atoms with Crippen molar-refractivity contribution in [2.24, 2.45) is 0 Å². The van der Waals surface area contributed by atoms with Crippen LogP contribution in [0.1, 0.15) is 13.3 Å². The van der Waals surface area contributed by atoms with Crippen LogP contribution in [-0.4, -0.2) is 61.5 Å². The summed E-state index contributed by atoms with van der Waals surface area (Å²) in [7, 11) is 1.59. The Kier molecular flexibility index (Phi) is 9.23. The smallest absolute Gasteiger partial charge is 0.0975 e. The maximum Gasteiger partial charge on any atom is 0.0975 e. The average Bonchev–Trinajstić information content (AvgIpc) is 2.23. The standard InChI is InChI=1S/C9H21NO4/c1-3-4-14-6-9(13-2)5-10(7-11)8-12/h9,11-12H,3-8H2,1-2H3. The van der Waals surface area contributed by atoms with Crippen molar-refractivity contribution in [1.82, 2.24) is 4.90 Å². The van der Waals surface area contributed by atoms with E-state index in [4.69, 9.17) is 19.7 Å². The minimum Gasteiger partial charge on any atom is -0.381 e. The van der Waals surface area contributed by atoms with Crippen molar-refractivity contribution in [2.45, 2.75) is 19.4 Å². The molecule has 5 heteroatoms. The monoisotopic (exact) mass is 207 g/mol. The third-order valence-corrected chi connectivity index (χ3v) is 1.85. The molecule has 0 radical (unpaired) electrons. The zero-order valence-electron chi connectivity index (χ0n) is 8.98. The zero-order chi connectivity index (χ0) is 10.8. The molecule has 0 aromatic carbocycles. The predicted molar refractivity (Wildman–Crippen MR) is 52.8 cm³/mol. The van der Waals surface area contributed by atoms with Gasteiger partial charge in [-0.2, -0.15) is 0 Å². The molecule has 14 heavy (non-hydrogen) atoms.